The molecule has 0 aliphatic heterocycles. The quantitative estimate of drug-likeness (QED) is 0.0170. The third-order valence-electron chi connectivity index (χ3n) is 9.23. The van der Waals surface area contributed by atoms with E-state index in [1.807, 2.05) is 0 Å². The number of hydrogen-bond acceptors (Lipinski definition) is 6. The molecule has 0 aromatic carbocycles. The molecule has 0 saturated carbocycles. The fraction of sp³-hybridized carbons (Fsp3) is 0.750. The van der Waals surface area contributed by atoms with E-state index < -0.39 is 59.9 Å². The maximum Gasteiger partial charge on any atom is 0.388 e. The number of rotatable bonds is 32. The number of ether oxygens (including phenoxy) is 2. The molecular formula is C40H62F6O6. The Labute approximate surface area is 307 Å². The number of carbonyl (C=O) groups excluding carboxylic acids is 4. The van der Waals surface area contributed by atoms with Gasteiger partial charge in [-0.2, -0.15) is 17.6 Å². The molecule has 6 nitrogen and oxygen atoms in total. The van der Waals surface area contributed by atoms with E-state index in [1.54, 1.807) is 0 Å². The predicted molar refractivity (Wildman–Crippen MR) is 191 cm³/mol. The number of carbonyl (C=O) groups is 4. The highest BCUT2D eigenvalue weighted by atomic mass is 19.3. The topological polar surface area (TPSA) is 86.7 Å². The first kappa shape index (κ1) is 49.1. The van der Waals surface area contributed by atoms with E-state index in [1.165, 1.54) is 38.5 Å². The van der Waals surface area contributed by atoms with Crippen molar-refractivity contribution in [2.75, 3.05) is 0 Å². The Morgan fingerprint density at radius 2 is 0.673 bits per heavy atom. The minimum Gasteiger partial charge on any atom is -0.385 e. The normalized spacial score (nSPS) is 14.4. The molecule has 0 bridgehead atoms. The van der Waals surface area contributed by atoms with Crippen LogP contribution in [0.2, 0.25) is 0 Å². The molecule has 2 unspecified atom stereocenters. The molecule has 0 N–H and O–H groups in total. The molecule has 12 heteroatoms. The molecule has 0 spiro atoms. The van der Waals surface area contributed by atoms with Gasteiger partial charge in [-0.1, -0.05) is 155 Å². The summed E-state index contributed by atoms with van der Waals surface area (Å²) in [6.45, 7) is 10.4. The first-order chi connectivity index (χ1) is 24.6. The minimum absolute atomic E-state index is 0.00553. The van der Waals surface area contributed by atoms with Gasteiger partial charge in [0.05, 0.1) is 0 Å². The third kappa shape index (κ3) is 18.2. The van der Waals surface area contributed by atoms with Gasteiger partial charge >= 0.3 is 35.7 Å². The molecule has 0 rings (SSSR count). The van der Waals surface area contributed by atoms with E-state index >= 15 is 8.78 Å². The molecule has 52 heavy (non-hydrogen) atoms. The molecule has 300 valence electrons. The minimum atomic E-state index is -4.84. The second-order valence-electron chi connectivity index (χ2n) is 13.6. The van der Waals surface area contributed by atoms with E-state index in [0.717, 1.165) is 64.2 Å². The summed E-state index contributed by atoms with van der Waals surface area (Å²) in [5.41, 5.74) is -7.08. The fourth-order valence-electron chi connectivity index (χ4n) is 5.72. The Morgan fingerprint density at radius 1 is 0.442 bits per heavy atom. The molecule has 0 aliphatic carbocycles. The van der Waals surface area contributed by atoms with Crippen LogP contribution in [0.25, 0.3) is 0 Å². The van der Waals surface area contributed by atoms with E-state index in [2.05, 4.69) is 36.5 Å². The van der Waals surface area contributed by atoms with Crippen LogP contribution in [-0.4, -0.2) is 47.1 Å². The summed E-state index contributed by atoms with van der Waals surface area (Å²) in [5, 5.41) is 0. The number of hydrogen-bond donors (Lipinski definition) is 0. The van der Waals surface area contributed by atoms with Gasteiger partial charge in [-0.3, -0.25) is 0 Å². The van der Waals surface area contributed by atoms with Gasteiger partial charge in [0.2, 0.25) is 11.3 Å². The summed E-state index contributed by atoms with van der Waals surface area (Å²) < 4.78 is 97.2. The first-order valence-electron chi connectivity index (χ1n) is 19.2. The van der Waals surface area contributed by atoms with Gasteiger partial charge in [0.15, 0.2) is 0 Å². The Hall–Kier alpha value is -2.92. The standard InChI is InChI=1S/C40H62F6O6/c1-5-9-11-13-15-17-19-21-23-25-27-31-37(41,7-3)39(43,44)35(49)51-33(47)29-30-34(48)52-36(50)40(45,46)38(42,8-4)32-28-26-24-22-20-18-16-14-12-10-6-2/h7-8,29-30H,3-6,9-28,31-32H2,1-2H3/b30-29-. The van der Waals surface area contributed by atoms with Gasteiger partial charge in [-0.05, 0) is 37.8 Å². The largest absolute Gasteiger partial charge is 0.388 e. The molecule has 0 amide bonds. The Bertz CT molecular complexity index is 1030. The molecule has 0 radical (unpaired) electrons. The number of unbranched alkanes of at least 4 members (excludes halogenated alkanes) is 20. The lowest BCUT2D eigenvalue weighted by atomic mass is 9.90. The van der Waals surface area contributed by atoms with Crippen LogP contribution in [0.15, 0.2) is 37.5 Å². The van der Waals surface area contributed by atoms with Crippen LogP contribution in [0.5, 0.6) is 0 Å². The predicted octanol–water partition coefficient (Wildman–Crippen LogP) is 12.1. The number of esters is 4. The monoisotopic (exact) mass is 752 g/mol. The fourth-order valence-corrected chi connectivity index (χ4v) is 5.72. The summed E-state index contributed by atoms with van der Waals surface area (Å²) in [5.74, 6) is -18.6. The molecule has 0 aromatic heterocycles. The van der Waals surface area contributed by atoms with Crippen LogP contribution in [0.3, 0.4) is 0 Å². The number of allylic oxidation sites excluding steroid dienone is 2. The van der Waals surface area contributed by atoms with Crippen molar-refractivity contribution in [2.45, 2.75) is 191 Å². The van der Waals surface area contributed by atoms with Crippen LogP contribution in [-0.2, 0) is 28.7 Å². The lowest BCUT2D eigenvalue weighted by Crippen LogP contribution is -2.50. The van der Waals surface area contributed by atoms with Crippen molar-refractivity contribution in [3.05, 3.63) is 37.5 Å². The Balaban J connectivity index is 4.80. The average Bonchev–Trinajstić information content (AvgIpc) is 3.11. The molecule has 0 saturated heterocycles. The van der Waals surface area contributed by atoms with Crippen LogP contribution in [0, 0.1) is 0 Å². The second kappa shape index (κ2) is 26.8. The highest BCUT2D eigenvalue weighted by Gasteiger charge is 2.61. The Morgan fingerprint density at radius 3 is 0.904 bits per heavy atom. The molecule has 0 fully saturated rings. The second-order valence-corrected chi connectivity index (χ2v) is 13.6. The molecular weight excluding hydrogens is 690 g/mol. The zero-order valence-corrected chi connectivity index (χ0v) is 31.4. The lowest BCUT2D eigenvalue weighted by Gasteiger charge is -2.28. The van der Waals surface area contributed by atoms with E-state index in [0.29, 0.717) is 25.7 Å². The van der Waals surface area contributed by atoms with Crippen molar-refractivity contribution in [1.29, 1.82) is 0 Å². The van der Waals surface area contributed by atoms with Crippen molar-refractivity contribution >= 4 is 23.9 Å². The van der Waals surface area contributed by atoms with Gasteiger partial charge in [-0.25, -0.2) is 28.0 Å². The van der Waals surface area contributed by atoms with Gasteiger partial charge in [0.1, 0.15) is 0 Å². The summed E-state index contributed by atoms with van der Waals surface area (Å²) in [4.78, 5) is 48.0. The van der Waals surface area contributed by atoms with E-state index in [-0.39, 0.29) is 37.1 Å². The summed E-state index contributed by atoms with van der Waals surface area (Å²) in [6, 6.07) is 0. The van der Waals surface area contributed by atoms with Crippen molar-refractivity contribution in [3.8, 4) is 0 Å². The van der Waals surface area contributed by atoms with Crippen LogP contribution < -0.4 is 0 Å². The van der Waals surface area contributed by atoms with Gasteiger partial charge < -0.3 is 9.47 Å². The SMILES string of the molecule is C=CC(F)(CCCCCCCCCCCCC)C(F)(F)C(=O)OC(=O)/C=C\C(=O)OC(=O)C(F)(F)C(F)(C=C)CCCCCCCCCCCCC. The van der Waals surface area contributed by atoms with Crippen LogP contribution in [0.4, 0.5) is 26.3 Å². The highest BCUT2D eigenvalue weighted by molar-refractivity contribution is 6.01. The van der Waals surface area contributed by atoms with Crippen molar-refractivity contribution < 1.29 is 55.0 Å². The first-order valence-corrected chi connectivity index (χ1v) is 19.2. The van der Waals surface area contributed by atoms with E-state index in [4.69, 9.17) is 0 Å². The van der Waals surface area contributed by atoms with Crippen molar-refractivity contribution in [1.82, 2.24) is 0 Å². The van der Waals surface area contributed by atoms with Crippen LogP contribution in [0.1, 0.15) is 168 Å². The lowest BCUT2D eigenvalue weighted by molar-refractivity contribution is -0.194. The van der Waals surface area contributed by atoms with Gasteiger partial charge in [0.25, 0.3) is 0 Å². The number of halogens is 6. The molecule has 0 aliphatic rings. The summed E-state index contributed by atoms with van der Waals surface area (Å²) >= 11 is 0. The Kier molecular flexibility index (Phi) is 25.3. The van der Waals surface area contributed by atoms with Gasteiger partial charge in [0, 0.05) is 12.2 Å². The maximum atomic E-state index is 15.2. The van der Waals surface area contributed by atoms with E-state index in [9.17, 15) is 36.7 Å². The average molecular weight is 753 g/mol. The molecule has 0 heterocycles. The van der Waals surface area contributed by atoms with Crippen molar-refractivity contribution in [3.63, 3.8) is 0 Å². The summed E-state index contributed by atoms with van der Waals surface area (Å²) in [6.07, 6.45) is 18.8. The number of alkyl halides is 6. The zero-order valence-electron chi connectivity index (χ0n) is 31.4. The third-order valence-corrected chi connectivity index (χ3v) is 9.23. The molecule has 2 atom stereocenters. The van der Waals surface area contributed by atoms with Crippen LogP contribution >= 0.6 is 0 Å². The zero-order chi connectivity index (χ0) is 39.5. The van der Waals surface area contributed by atoms with Crippen molar-refractivity contribution in [2.24, 2.45) is 0 Å². The van der Waals surface area contributed by atoms with Gasteiger partial charge in [-0.15, -0.1) is 0 Å². The highest BCUT2D eigenvalue weighted by Crippen LogP contribution is 2.40. The maximum absolute atomic E-state index is 15.2. The molecule has 0 aromatic rings. The summed E-state index contributed by atoms with van der Waals surface area (Å²) in [7, 11) is 0. The smallest absolute Gasteiger partial charge is 0.385 e.